The fraction of sp³-hybridized carbons (Fsp3) is 0.200. The van der Waals surface area contributed by atoms with Gasteiger partial charge in [0.05, 0.1) is 25.0 Å². The van der Waals surface area contributed by atoms with Gasteiger partial charge in [0.1, 0.15) is 0 Å². The third-order valence-corrected chi connectivity index (χ3v) is 2.72. The average molecular weight is 235 g/mol. The van der Waals surface area contributed by atoms with Crippen LogP contribution in [-0.4, -0.2) is 0 Å². The molecule has 0 amide bonds. The second-order valence-corrected chi connectivity index (χ2v) is 3.35. The standard InChI is InChI=1S/C10H7BrN2/c11-10-8(4-6-12)2-1-3-9(10)5-7-13/h1-3H,4-5H2. The first kappa shape index (κ1) is 9.77. The summed E-state index contributed by atoms with van der Waals surface area (Å²) < 4.78 is 0.887. The van der Waals surface area contributed by atoms with Gasteiger partial charge >= 0.3 is 0 Å². The van der Waals surface area contributed by atoms with Crippen molar-refractivity contribution in [2.24, 2.45) is 0 Å². The van der Waals surface area contributed by atoms with Gasteiger partial charge in [-0.2, -0.15) is 10.5 Å². The fourth-order valence-electron chi connectivity index (χ4n) is 1.08. The Morgan fingerprint density at radius 1 is 1.08 bits per heavy atom. The molecule has 0 aliphatic carbocycles. The van der Waals surface area contributed by atoms with Gasteiger partial charge in [-0.3, -0.25) is 0 Å². The fourth-order valence-corrected chi connectivity index (χ4v) is 1.62. The van der Waals surface area contributed by atoms with Gasteiger partial charge in [-0.15, -0.1) is 0 Å². The predicted octanol–water partition coefficient (Wildman–Crippen LogP) is 2.58. The summed E-state index contributed by atoms with van der Waals surface area (Å²) in [6.07, 6.45) is 0.750. The highest BCUT2D eigenvalue weighted by Crippen LogP contribution is 2.22. The van der Waals surface area contributed by atoms with E-state index in [9.17, 15) is 0 Å². The Hall–Kier alpha value is -1.32. The minimum absolute atomic E-state index is 0.375. The molecule has 0 spiro atoms. The highest BCUT2D eigenvalue weighted by atomic mass is 79.9. The number of nitriles is 2. The average Bonchev–Trinajstić information content (AvgIpc) is 2.13. The summed E-state index contributed by atoms with van der Waals surface area (Å²) in [5, 5.41) is 17.1. The van der Waals surface area contributed by atoms with Crippen molar-refractivity contribution in [1.29, 1.82) is 10.5 Å². The molecule has 64 valence electrons. The first-order valence-electron chi connectivity index (χ1n) is 3.79. The number of hydrogen-bond acceptors (Lipinski definition) is 2. The Balaban J connectivity index is 3.06. The Labute approximate surface area is 85.5 Å². The Morgan fingerprint density at radius 2 is 1.54 bits per heavy atom. The summed E-state index contributed by atoms with van der Waals surface area (Å²) in [5.74, 6) is 0. The van der Waals surface area contributed by atoms with E-state index in [1.807, 2.05) is 18.2 Å². The molecule has 0 aliphatic heterocycles. The van der Waals surface area contributed by atoms with Crippen molar-refractivity contribution in [1.82, 2.24) is 0 Å². The Bertz CT molecular complexity index is 351. The first-order valence-corrected chi connectivity index (χ1v) is 4.59. The van der Waals surface area contributed by atoms with Gasteiger partial charge in [0.2, 0.25) is 0 Å². The molecule has 1 aromatic rings. The van der Waals surface area contributed by atoms with Gasteiger partial charge in [0, 0.05) is 4.47 Å². The molecule has 0 saturated carbocycles. The van der Waals surface area contributed by atoms with Crippen molar-refractivity contribution in [2.75, 3.05) is 0 Å². The summed E-state index contributed by atoms with van der Waals surface area (Å²) in [5.41, 5.74) is 1.88. The molecule has 0 N–H and O–H groups in total. The third-order valence-electron chi connectivity index (χ3n) is 1.70. The van der Waals surface area contributed by atoms with Crippen molar-refractivity contribution in [3.63, 3.8) is 0 Å². The summed E-state index contributed by atoms with van der Waals surface area (Å²) in [6.45, 7) is 0. The summed E-state index contributed by atoms with van der Waals surface area (Å²) in [7, 11) is 0. The monoisotopic (exact) mass is 234 g/mol. The summed E-state index contributed by atoms with van der Waals surface area (Å²) >= 11 is 3.38. The number of nitrogens with zero attached hydrogens (tertiary/aromatic N) is 2. The lowest BCUT2D eigenvalue weighted by Gasteiger charge is -2.03. The van der Waals surface area contributed by atoms with E-state index in [4.69, 9.17) is 10.5 Å². The number of rotatable bonds is 2. The van der Waals surface area contributed by atoms with Gasteiger partial charge in [-0.1, -0.05) is 34.1 Å². The van der Waals surface area contributed by atoms with E-state index in [2.05, 4.69) is 28.1 Å². The molecule has 0 unspecified atom stereocenters. The third kappa shape index (κ3) is 2.31. The van der Waals surface area contributed by atoms with Crippen molar-refractivity contribution in [3.8, 4) is 12.1 Å². The molecule has 0 radical (unpaired) electrons. The molecule has 0 aromatic heterocycles. The van der Waals surface area contributed by atoms with Crippen LogP contribution in [-0.2, 0) is 12.8 Å². The lowest BCUT2D eigenvalue weighted by Crippen LogP contribution is -1.90. The molecule has 2 nitrogen and oxygen atoms in total. The molecular formula is C10H7BrN2. The predicted molar refractivity (Wildman–Crippen MR) is 52.8 cm³/mol. The van der Waals surface area contributed by atoms with E-state index in [1.165, 1.54) is 0 Å². The largest absolute Gasteiger partial charge is 0.198 e. The van der Waals surface area contributed by atoms with Gasteiger partial charge in [0.15, 0.2) is 0 Å². The number of hydrogen-bond donors (Lipinski definition) is 0. The molecule has 3 heteroatoms. The lowest BCUT2D eigenvalue weighted by molar-refractivity contribution is 1.18. The molecule has 0 bridgehead atoms. The van der Waals surface area contributed by atoms with Gasteiger partial charge in [-0.05, 0) is 11.1 Å². The second-order valence-electron chi connectivity index (χ2n) is 2.56. The maximum atomic E-state index is 8.53. The van der Waals surface area contributed by atoms with Crippen LogP contribution < -0.4 is 0 Å². The molecule has 13 heavy (non-hydrogen) atoms. The molecule has 0 atom stereocenters. The normalized spacial score (nSPS) is 8.85. The van der Waals surface area contributed by atoms with Crippen LogP contribution in [0.2, 0.25) is 0 Å². The molecular weight excluding hydrogens is 228 g/mol. The van der Waals surface area contributed by atoms with E-state index in [0.29, 0.717) is 12.8 Å². The maximum absolute atomic E-state index is 8.53. The van der Waals surface area contributed by atoms with Crippen LogP contribution in [0.25, 0.3) is 0 Å². The maximum Gasteiger partial charge on any atom is 0.0670 e. The Kier molecular flexibility index (Phi) is 3.49. The van der Waals surface area contributed by atoms with Gasteiger partial charge in [0.25, 0.3) is 0 Å². The minimum Gasteiger partial charge on any atom is -0.198 e. The summed E-state index contributed by atoms with van der Waals surface area (Å²) in [6, 6.07) is 9.79. The zero-order chi connectivity index (χ0) is 9.68. The van der Waals surface area contributed by atoms with Crippen molar-refractivity contribution in [3.05, 3.63) is 33.8 Å². The topological polar surface area (TPSA) is 47.6 Å². The quantitative estimate of drug-likeness (QED) is 0.790. The lowest BCUT2D eigenvalue weighted by atomic mass is 10.1. The highest BCUT2D eigenvalue weighted by molar-refractivity contribution is 9.10. The SMILES string of the molecule is N#CCc1cccc(CC#N)c1Br. The van der Waals surface area contributed by atoms with E-state index in [-0.39, 0.29) is 0 Å². The zero-order valence-electron chi connectivity index (χ0n) is 6.92. The van der Waals surface area contributed by atoms with Crippen LogP contribution in [0.1, 0.15) is 11.1 Å². The number of halogens is 1. The van der Waals surface area contributed by atoms with Crippen LogP contribution in [0.3, 0.4) is 0 Å². The van der Waals surface area contributed by atoms with Crippen LogP contribution in [0.4, 0.5) is 0 Å². The van der Waals surface area contributed by atoms with Crippen LogP contribution in [0.15, 0.2) is 22.7 Å². The van der Waals surface area contributed by atoms with Crippen molar-refractivity contribution < 1.29 is 0 Å². The second kappa shape index (κ2) is 4.64. The van der Waals surface area contributed by atoms with E-state index >= 15 is 0 Å². The van der Waals surface area contributed by atoms with Crippen LogP contribution >= 0.6 is 15.9 Å². The molecule has 1 rings (SSSR count). The minimum atomic E-state index is 0.375. The molecule has 0 fully saturated rings. The van der Waals surface area contributed by atoms with Crippen LogP contribution in [0.5, 0.6) is 0 Å². The zero-order valence-corrected chi connectivity index (χ0v) is 8.50. The summed E-state index contributed by atoms with van der Waals surface area (Å²) in [4.78, 5) is 0. The van der Waals surface area contributed by atoms with E-state index < -0.39 is 0 Å². The molecule has 0 aliphatic rings. The van der Waals surface area contributed by atoms with Gasteiger partial charge < -0.3 is 0 Å². The molecule has 0 saturated heterocycles. The number of benzene rings is 1. The highest BCUT2D eigenvalue weighted by Gasteiger charge is 2.03. The van der Waals surface area contributed by atoms with Crippen molar-refractivity contribution >= 4 is 15.9 Å². The Morgan fingerprint density at radius 3 is 1.92 bits per heavy atom. The van der Waals surface area contributed by atoms with E-state index in [0.717, 1.165) is 15.6 Å². The van der Waals surface area contributed by atoms with Gasteiger partial charge in [-0.25, -0.2) is 0 Å². The first-order chi connectivity index (χ1) is 6.29. The van der Waals surface area contributed by atoms with E-state index in [1.54, 1.807) is 0 Å². The molecule has 0 heterocycles. The van der Waals surface area contributed by atoms with Crippen LogP contribution in [0, 0.1) is 22.7 Å². The smallest absolute Gasteiger partial charge is 0.0670 e. The molecule has 1 aromatic carbocycles. The van der Waals surface area contributed by atoms with Crippen molar-refractivity contribution in [2.45, 2.75) is 12.8 Å².